The molecule has 1 nitrogen and oxygen atoms in total. The lowest BCUT2D eigenvalue weighted by molar-refractivity contribution is -0.137. The van der Waals surface area contributed by atoms with Gasteiger partial charge in [0.1, 0.15) is 0 Å². The first-order valence-corrected chi connectivity index (χ1v) is 4.28. The highest BCUT2D eigenvalue weighted by Gasteiger charge is 2.31. The molecule has 0 unspecified atom stereocenters. The van der Waals surface area contributed by atoms with E-state index in [-0.39, 0.29) is 10.8 Å². The number of aromatic nitrogens is 1. The molecule has 0 aliphatic carbocycles. The molecule has 0 saturated carbocycles. The maximum Gasteiger partial charge on any atom is 0.417 e. The number of alkyl halides is 3. The fraction of sp³-hybridized carbons (Fsp3) is 0.286. The lowest BCUT2D eigenvalue weighted by Gasteiger charge is -2.07. The Labute approximate surface area is 83.3 Å². The highest BCUT2D eigenvalue weighted by Crippen LogP contribution is 2.31. The average molecular weight is 228 g/mol. The lowest BCUT2D eigenvalue weighted by atomic mass is 10.2. The van der Waals surface area contributed by atoms with Crippen LogP contribution in [0.1, 0.15) is 11.3 Å². The molecular formula is C7H5ClF3NS. The fourth-order valence-corrected chi connectivity index (χ4v) is 1.32. The van der Waals surface area contributed by atoms with E-state index in [1.807, 2.05) is 0 Å². The van der Waals surface area contributed by atoms with Crippen molar-refractivity contribution in [2.24, 2.45) is 0 Å². The molecule has 0 radical (unpaired) electrons. The third-order valence-electron chi connectivity index (χ3n) is 1.39. The molecule has 0 spiro atoms. The Morgan fingerprint density at radius 2 is 2.08 bits per heavy atom. The SMILES string of the molecule is FC(F)(F)c1cnc(CS)c(Cl)c1. The van der Waals surface area contributed by atoms with Crippen molar-refractivity contribution < 1.29 is 13.2 Å². The van der Waals surface area contributed by atoms with Crippen LogP contribution in [-0.4, -0.2) is 4.98 Å². The monoisotopic (exact) mass is 227 g/mol. The summed E-state index contributed by atoms with van der Waals surface area (Å²) in [5, 5.41) is -0.00942. The first kappa shape index (κ1) is 10.7. The van der Waals surface area contributed by atoms with Crippen LogP contribution in [0, 0.1) is 0 Å². The smallest absolute Gasteiger partial charge is 0.258 e. The predicted molar refractivity (Wildman–Crippen MR) is 46.9 cm³/mol. The molecule has 0 amide bonds. The van der Waals surface area contributed by atoms with Gasteiger partial charge in [-0.3, -0.25) is 4.98 Å². The summed E-state index contributed by atoms with van der Waals surface area (Å²) in [6, 6.07) is 0.847. The zero-order valence-electron chi connectivity index (χ0n) is 6.27. The maximum atomic E-state index is 12.1. The summed E-state index contributed by atoms with van der Waals surface area (Å²) in [6.45, 7) is 0. The van der Waals surface area contributed by atoms with E-state index in [1.54, 1.807) is 0 Å². The summed E-state index contributed by atoms with van der Waals surface area (Å²) in [6.07, 6.45) is -3.65. The average Bonchev–Trinajstić information content (AvgIpc) is 2.02. The van der Waals surface area contributed by atoms with Crippen LogP contribution in [0.15, 0.2) is 12.3 Å². The molecular weight excluding hydrogens is 223 g/mol. The van der Waals surface area contributed by atoms with E-state index >= 15 is 0 Å². The van der Waals surface area contributed by atoms with E-state index in [1.165, 1.54) is 0 Å². The number of rotatable bonds is 1. The van der Waals surface area contributed by atoms with Gasteiger partial charge >= 0.3 is 6.18 Å². The van der Waals surface area contributed by atoms with Gasteiger partial charge in [0, 0.05) is 11.9 Å². The van der Waals surface area contributed by atoms with Crippen molar-refractivity contribution in [1.82, 2.24) is 4.98 Å². The molecule has 6 heteroatoms. The van der Waals surface area contributed by atoms with Crippen LogP contribution in [0.5, 0.6) is 0 Å². The van der Waals surface area contributed by atoms with Crippen LogP contribution < -0.4 is 0 Å². The van der Waals surface area contributed by atoms with E-state index in [9.17, 15) is 13.2 Å². The summed E-state index contributed by atoms with van der Waals surface area (Å²) in [7, 11) is 0. The minimum Gasteiger partial charge on any atom is -0.258 e. The summed E-state index contributed by atoms with van der Waals surface area (Å²) < 4.78 is 36.3. The van der Waals surface area contributed by atoms with Crippen molar-refractivity contribution in [3.63, 3.8) is 0 Å². The van der Waals surface area contributed by atoms with E-state index in [0.717, 1.165) is 12.3 Å². The van der Waals surface area contributed by atoms with Gasteiger partial charge in [0.25, 0.3) is 0 Å². The molecule has 0 atom stereocenters. The predicted octanol–water partition coefficient (Wildman–Crippen LogP) is 3.18. The zero-order valence-corrected chi connectivity index (χ0v) is 7.92. The number of halogens is 4. The van der Waals surface area contributed by atoms with Crippen LogP contribution in [0.25, 0.3) is 0 Å². The topological polar surface area (TPSA) is 12.9 Å². The highest BCUT2D eigenvalue weighted by atomic mass is 35.5. The molecule has 0 N–H and O–H groups in total. The summed E-state index contributed by atoms with van der Waals surface area (Å²) in [5.74, 6) is 0.219. The summed E-state index contributed by atoms with van der Waals surface area (Å²) in [5.41, 5.74) is -0.499. The number of thiol groups is 1. The largest absolute Gasteiger partial charge is 0.417 e. The number of nitrogens with zero attached hydrogens (tertiary/aromatic N) is 1. The van der Waals surface area contributed by atoms with Crippen molar-refractivity contribution >= 4 is 24.2 Å². The van der Waals surface area contributed by atoms with Crippen LogP contribution in [0.3, 0.4) is 0 Å². The Hall–Kier alpha value is -0.420. The second-order valence-electron chi connectivity index (χ2n) is 2.31. The molecule has 1 aromatic rings. The molecule has 0 aliphatic heterocycles. The van der Waals surface area contributed by atoms with Gasteiger partial charge < -0.3 is 0 Å². The second-order valence-corrected chi connectivity index (χ2v) is 3.03. The van der Waals surface area contributed by atoms with Crippen molar-refractivity contribution in [3.05, 3.63) is 28.5 Å². The second kappa shape index (κ2) is 3.75. The van der Waals surface area contributed by atoms with Crippen molar-refractivity contribution in [1.29, 1.82) is 0 Å². The summed E-state index contributed by atoms with van der Waals surface area (Å²) in [4.78, 5) is 3.53. The Bertz CT molecular complexity index is 313. The van der Waals surface area contributed by atoms with Crippen LogP contribution in [0.2, 0.25) is 5.02 Å². The first-order valence-electron chi connectivity index (χ1n) is 3.27. The van der Waals surface area contributed by atoms with E-state index in [0.29, 0.717) is 5.69 Å². The van der Waals surface area contributed by atoms with Gasteiger partial charge in [-0.15, -0.1) is 0 Å². The van der Waals surface area contributed by atoms with Crippen LogP contribution in [0.4, 0.5) is 13.2 Å². The van der Waals surface area contributed by atoms with Gasteiger partial charge in [-0.05, 0) is 6.07 Å². The van der Waals surface area contributed by atoms with E-state index in [4.69, 9.17) is 11.6 Å². The van der Waals surface area contributed by atoms with Crippen molar-refractivity contribution in [2.75, 3.05) is 0 Å². The maximum absolute atomic E-state index is 12.1. The van der Waals surface area contributed by atoms with Crippen LogP contribution >= 0.6 is 24.2 Å². The van der Waals surface area contributed by atoms with Crippen LogP contribution in [-0.2, 0) is 11.9 Å². The quantitative estimate of drug-likeness (QED) is 0.727. The minimum absolute atomic E-state index is 0.00942. The Kier molecular flexibility index (Phi) is 3.08. The molecule has 0 aliphatic rings. The van der Waals surface area contributed by atoms with Crippen molar-refractivity contribution in [2.45, 2.75) is 11.9 Å². The molecule has 1 aromatic heterocycles. The van der Waals surface area contributed by atoms with Gasteiger partial charge in [0.05, 0.1) is 16.3 Å². The van der Waals surface area contributed by atoms with Gasteiger partial charge in [-0.25, -0.2) is 0 Å². The molecule has 0 aromatic carbocycles. The van der Waals surface area contributed by atoms with Gasteiger partial charge in [0.2, 0.25) is 0 Å². The molecule has 0 bridgehead atoms. The molecule has 72 valence electrons. The molecule has 0 fully saturated rings. The lowest BCUT2D eigenvalue weighted by Crippen LogP contribution is -2.06. The highest BCUT2D eigenvalue weighted by molar-refractivity contribution is 7.79. The van der Waals surface area contributed by atoms with Gasteiger partial charge in [0.15, 0.2) is 0 Å². The molecule has 13 heavy (non-hydrogen) atoms. The Morgan fingerprint density at radius 1 is 1.46 bits per heavy atom. The number of pyridine rings is 1. The third-order valence-corrected chi connectivity index (χ3v) is 2.02. The summed E-state index contributed by atoms with van der Waals surface area (Å²) >= 11 is 9.38. The molecule has 1 rings (SSSR count). The van der Waals surface area contributed by atoms with E-state index in [2.05, 4.69) is 17.6 Å². The number of hydrogen-bond donors (Lipinski definition) is 1. The fourth-order valence-electron chi connectivity index (χ4n) is 0.738. The zero-order chi connectivity index (χ0) is 10.1. The molecule has 1 heterocycles. The normalized spacial score (nSPS) is 11.8. The van der Waals surface area contributed by atoms with Gasteiger partial charge in [-0.2, -0.15) is 25.8 Å². The van der Waals surface area contributed by atoms with E-state index < -0.39 is 11.7 Å². The van der Waals surface area contributed by atoms with Crippen molar-refractivity contribution in [3.8, 4) is 0 Å². The first-order chi connectivity index (χ1) is 5.95. The Morgan fingerprint density at radius 3 is 2.46 bits per heavy atom. The van der Waals surface area contributed by atoms with Gasteiger partial charge in [-0.1, -0.05) is 11.6 Å². The third kappa shape index (κ3) is 2.51. The number of hydrogen-bond acceptors (Lipinski definition) is 2. The molecule has 0 saturated heterocycles. The standard InChI is InChI=1S/C7H5ClF3NS/c8-5-1-4(7(9,10)11)2-12-6(5)3-13/h1-2,13H,3H2. The Balaban J connectivity index is 3.10. The minimum atomic E-state index is -4.40.